The van der Waals surface area contributed by atoms with E-state index in [9.17, 15) is 9.59 Å². The van der Waals surface area contributed by atoms with Gasteiger partial charge in [0.2, 0.25) is 0 Å². The van der Waals surface area contributed by atoms with Gasteiger partial charge in [-0.05, 0) is 17.5 Å². The lowest BCUT2D eigenvalue weighted by molar-refractivity contribution is -0.157. The van der Waals surface area contributed by atoms with Gasteiger partial charge in [0.05, 0.1) is 0 Å². The minimum Gasteiger partial charge on any atom is -0.455 e. The monoisotopic (exact) mass is 297 g/mol. The summed E-state index contributed by atoms with van der Waals surface area (Å²) in [6.07, 6.45) is 0.316. The molecule has 2 N–H and O–H groups in total. The highest BCUT2D eigenvalue weighted by Gasteiger charge is 2.39. The number of hydrogen-bond donors (Lipinski definition) is 1. The second kappa shape index (κ2) is 7.00. The Morgan fingerprint density at radius 1 is 1.00 bits per heavy atom. The molecule has 0 heterocycles. The van der Waals surface area contributed by atoms with Crippen molar-refractivity contribution in [3.05, 3.63) is 71.8 Å². The van der Waals surface area contributed by atoms with Crippen LogP contribution in [-0.4, -0.2) is 11.8 Å². The van der Waals surface area contributed by atoms with Gasteiger partial charge in [0, 0.05) is 0 Å². The normalized spacial score (nSPS) is 13.2. The van der Waals surface area contributed by atoms with Crippen molar-refractivity contribution in [2.45, 2.75) is 25.5 Å². The Kier molecular flexibility index (Phi) is 5.07. The third-order valence-corrected chi connectivity index (χ3v) is 3.65. The van der Waals surface area contributed by atoms with E-state index >= 15 is 0 Å². The average Bonchev–Trinajstić information content (AvgIpc) is 2.60. The smallest absolute Gasteiger partial charge is 0.377 e. The zero-order valence-corrected chi connectivity index (χ0v) is 12.5. The van der Waals surface area contributed by atoms with Crippen LogP contribution < -0.4 is 5.73 Å². The zero-order chi connectivity index (χ0) is 16.0. The predicted molar refractivity (Wildman–Crippen MR) is 83.8 cm³/mol. The van der Waals surface area contributed by atoms with Crippen LogP contribution in [0.15, 0.2) is 60.7 Å². The summed E-state index contributed by atoms with van der Waals surface area (Å²) in [7, 11) is 0. The summed E-state index contributed by atoms with van der Waals surface area (Å²) >= 11 is 0. The summed E-state index contributed by atoms with van der Waals surface area (Å²) in [4.78, 5) is 24.5. The molecule has 22 heavy (non-hydrogen) atoms. The molecule has 0 unspecified atom stereocenters. The highest BCUT2D eigenvalue weighted by Crippen LogP contribution is 2.23. The molecule has 0 aliphatic carbocycles. The molecule has 0 saturated heterocycles. The van der Waals surface area contributed by atoms with Gasteiger partial charge in [-0.2, -0.15) is 0 Å². The topological polar surface area (TPSA) is 69.4 Å². The third-order valence-electron chi connectivity index (χ3n) is 3.65. The Labute approximate surface area is 129 Å². The molecule has 2 aromatic rings. The van der Waals surface area contributed by atoms with Crippen molar-refractivity contribution < 1.29 is 14.3 Å². The molecule has 0 aliphatic heterocycles. The molecule has 0 aliphatic rings. The average molecular weight is 297 g/mol. The van der Waals surface area contributed by atoms with E-state index in [-0.39, 0.29) is 6.61 Å². The van der Waals surface area contributed by atoms with Crippen molar-refractivity contribution in [1.29, 1.82) is 0 Å². The number of hydrogen-bond acceptors (Lipinski definition) is 4. The molecule has 2 aromatic carbocycles. The molecular weight excluding hydrogens is 278 g/mol. The molecule has 0 spiro atoms. The van der Waals surface area contributed by atoms with E-state index in [2.05, 4.69) is 0 Å². The molecule has 0 fully saturated rings. The first kappa shape index (κ1) is 15.9. The summed E-state index contributed by atoms with van der Waals surface area (Å²) in [5.41, 5.74) is 6.26. The lowest BCUT2D eigenvalue weighted by atomic mass is 9.84. The van der Waals surface area contributed by atoms with Crippen molar-refractivity contribution in [1.82, 2.24) is 0 Å². The maximum absolute atomic E-state index is 12.4. The maximum atomic E-state index is 12.4. The maximum Gasteiger partial charge on any atom is 0.377 e. The van der Waals surface area contributed by atoms with Crippen LogP contribution in [-0.2, 0) is 26.5 Å². The molecule has 114 valence electrons. The van der Waals surface area contributed by atoms with Gasteiger partial charge in [-0.1, -0.05) is 67.6 Å². The standard InChI is InChI=1S/C18H19NO3/c1-2-18(19,15-11-7-4-8-12-15)16(20)17(21)22-13-14-9-5-3-6-10-14/h3-12H,2,13,19H2,1H3/t18-/m0/s1. The molecular formula is C18H19NO3. The van der Waals surface area contributed by atoms with E-state index < -0.39 is 17.3 Å². The summed E-state index contributed by atoms with van der Waals surface area (Å²) in [6.45, 7) is 1.83. The Bertz CT molecular complexity index is 640. The number of nitrogens with two attached hydrogens (primary N) is 1. The molecule has 0 aromatic heterocycles. The second-order valence-electron chi connectivity index (χ2n) is 5.08. The van der Waals surface area contributed by atoms with Crippen molar-refractivity contribution in [3.63, 3.8) is 0 Å². The fraction of sp³-hybridized carbons (Fsp3) is 0.222. The molecule has 4 heteroatoms. The van der Waals surface area contributed by atoms with Crippen LogP contribution in [0, 0.1) is 0 Å². The van der Waals surface area contributed by atoms with Crippen molar-refractivity contribution in [2.24, 2.45) is 5.73 Å². The quantitative estimate of drug-likeness (QED) is 0.657. The number of carbonyl (C=O) groups excluding carboxylic acids is 2. The van der Waals surface area contributed by atoms with Gasteiger partial charge in [0.1, 0.15) is 12.1 Å². The number of esters is 1. The lowest BCUT2D eigenvalue weighted by Crippen LogP contribution is -2.48. The molecule has 0 amide bonds. The summed E-state index contributed by atoms with van der Waals surface area (Å²) in [5, 5.41) is 0. The molecule has 1 atom stereocenters. The van der Waals surface area contributed by atoms with E-state index in [0.29, 0.717) is 12.0 Å². The molecule has 0 radical (unpaired) electrons. The highest BCUT2D eigenvalue weighted by molar-refractivity contribution is 6.37. The van der Waals surface area contributed by atoms with E-state index in [0.717, 1.165) is 5.56 Å². The van der Waals surface area contributed by atoms with Gasteiger partial charge in [-0.15, -0.1) is 0 Å². The Morgan fingerprint density at radius 2 is 1.55 bits per heavy atom. The summed E-state index contributed by atoms with van der Waals surface area (Å²) in [6, 6.07) is 18.1. The van der Waals surface area contributed by atoms with Crippen LogP contribution >= 0.6 is 0 Å². The van der Waals surface area contributed by atoms with Crippen molar-refractivity contribution in [3.8, 4) is 0 Å². The summed E-state index contributed by atoms with van der Waals surface area (Å²) < 4.78 is 5.09. The Hall–Kier alpha value is -2.46. The number of ether oxygens (including phenoxy) is 1. The van der Waals surface area contributed by atoms with Gasteiger partial charge < -0.3 is 10.5 Å². The van der Waals surface area contributed by atoms with Crippen LogP contribution in [0.5, 0.6) is 0 Å². The van der Waals surface area contributed by atoms with Gasteiger partial charge in [-0.25, -0.2) is 4.79 Å². The van der Waals surface area contributed by atoms with Crippen LogP contribution in [0.4, 0.5) is 0 Å². The molecule has 4 nitrogen and oxygen atoms in total. The highest BCUT2D eigenvalue weighted by atomic mass is 16.5. The summed E-state index contributed by atoms with van der Waals surface area (Å²) in [5.74, 6) is -1.63. The largest absolute Gasteiger partial charge is 0.455 e. The number of Topliss-reactive ketones (excluding diaryl/α,β-unsaturated/α-hetero) is 1. The fourth-order valence-electron chi connectivity index (χ4n) is 2.20. The number of benzene rings is 2. The van der Waals surface area contributed by atoms with Gasteiger partial charge in [0.25, 0.3) is 5.78 Å². The van der Waals surface area contributed by atoms with E-state index in [1.54, 1.807) is 31.2 Å². The zero-order valence-electron chi connectivity index (χ0n) is 12.5. The third kappa shape index (κ3) is 3.40. The Morgan fingerprint density at radius 3 is 2.09 bits per heavy atom. The molecule has 2 rings (SSSR count). The minimum atomic E-state index is -1.35. The van der Waals surface area contributed by atoms with Gasteiger partial charge in [-0.3, -0.25) is 4.79 Å². The first-order valence-corrected chi connectivity index (χ1v) is 7.18. The Balaban J connectivity index is 2.10. The van der Waals surface area contributed by atoms with Gasteiger partial charge >= 0.3 is 5.97 Å². The van der Waals surface area contributed by atoms with Crippen molar-refractivity contribution >= 4 is 11.8 Å². The van der Waals surface area contributed by atoms with Crippen molar-refractivity contribution in [2.75, 3.05) is 0 Å². The number of rotatable bonds is 6. The molecule has 0 saturated carbocycles. The van der Waals surface area contributed by atoms with E-state index in [1.165, 1.54) is 0 Å². The SMILES string of the molecule is CC[C@@](N)(C(=O)C(=O)OCc1ccccc1)c1ccccc1. The van der Waals surface area contributed by atoms with Gasteiger partial charge in [0.15, 0.2) is 0 Å². The number of carbonyl (C=O) groups is 2. The van der Waals surface area contributed by atoms with E-state index in [1.807, 2.05) is 36.4 Å². The van der Waals surface area contributed by atoms with Crippen LogP contribution in [0.3, 0.4) is 0 Å². The number of ketones is 1. The van der Waals surface area contributed by atoms with Crippen LogP contribution in [0.2, 0.25) is 0 Å². The lowest BCUT2D eigenvalue weighted by Gasteiger charge is -2.25. The fourth-order valence-corrected chi connectivity index (χ4v) is 2.20. The van der Waals surface area contributed by atoms with Crippen LogP contribution in [0.1, 0.15) is 24.5 Å². The first-order chi connectivity index (χ1) is 10.6. The van der Waals surface area contributed by atoms with Crippen LogP contribution in [0.25, 0.3) is 0 Å². The van der Waals surface area contributed by atoms with E-state index in [4.69, 9.17) is 10.5 Å². The predicted octanol–water partition coefficient (Wildman–Crippen LogP) is 2.56. The molecule has 0 bridgehead atoms. The minimum absolute atomic E-state index is 0.0556. The second-order valence-corrected chi connectivity index (χ2v) is 5.08. The first-order valence-electron chi connectivity index (χ1n) is 7.18.